The molecule has 0 amide bonds. The highest BCUT2D eigenvalue weighted by Crippen LogP contribution is 2.41. The number of halogens is 1. The maximum absolute atomic E-state index is 14.1. The van der Waals surface area contributed by atoms with Crippen molar-refractivity contribution in [3.8, 4) is 5.75 Å². The summed E-state index contributed by atoms with van der Waals surface area (Å²) in [5.74, 6) is 0.130. The molecule has 16 heavy (non-hydrogen) atoms. The molecule has 0 radical (unpaired) electrons. The molecule has 1 aliphatic carbocycles. The average Bonchev–Trinajstić information content (AvgIpc) is 2.60. The molecule has 1 atom stereocenters. The highest BCUT2D eigenvalue weighted by molar-refractivity contribution is 5.82. The quantitative estimate of drug-likeness (QED) is 0.769. The van der Waals surface area contributed by atoms with Crippen LogP contribution in [0.5, 0.6) is 5.75 Å². The molecule has 2 rings (SSSR count). The van der Waals surface area contributed by atoms with E-state index < -0.39 is 0 Å². The second kappa shape index (κ2) is 3.89. The summed E-state index contributed by atoms with van der Waals surface area (Å²) in [6.07, 6.45) is 1.69. The van der Waals surface area contributed by atoms with Gasteiger partial charge in [0.2, 0.25) is 0 Å². The minimum atomic E-state index is -0.365. The lowest BCUT2D eigenvalue weighted by Gasteiger charge is -2.24. The van der Waals surface area contributed by atoms with E-state index in [1.165, 1.54) is 7.11 Å². The zero-order chi connectivity index (χ0) is 11.8. The molecule has 3 heteroatoms. The van der Waals surface area contributed by atoms with Gasteiger partial charge >= 0.3 is 0 Å². The standard InChI is InChI=1S/C13H15FO2/c1-13(7-6-9(15)8-13)10-4-3-5-11(16-2)12(10)14/h3-5H,6-8H2,1-2H3. The summed E-state index contributed by atoms with van der Waals surface area (Å²) in [6.45, 7) is 1.94. The molecule has 1 unspecified atom stereocenters. The van der Waals surface area contributed by atoms with Gasteiger partial charge in [-0.1, -0.05) is 19.1 Å². The number of benzene rings is 1. The van der Waals surface area contributed by atoms with Gasteiger partial charge in [0.05, 0.1) is 7.11 Å². The van der Waals surface area contributed by atoms with Crippen LogP contribution >= 0.6 is 0 Å². The van der Waals surface area contributed by atoms with Gasteiger partial charge in [-0.05, 0) is 18.1 Å². The van der Waals surface area contributed by atoms with Gasteiger partial charge in [0, 0.05) is 18.3 Å². The van der Waals surface area contributed by atoms with Gasteiger partial charge in [0.1, 0.15) is 5.78 Å². The normalized spacial score (nSPS) is 24.8. The molecule has 86 valence electrons. The van der Waals surface area contributed by atoms with Crippen LogP contribution in [0, 0.1) is 5.82 Å². The van der Waals surface area contributed by atoms with Crippen molar-refractivity contribution >= 4 is 5.78 Å². The fourth-order valence-electron chi connectivity index (χ4n) is 2.39. The molecule has 0 saturated heterocycles. The largest absolute Gasteiger partial charge is 0.494 e. The lowest BCUT2D eigenvalue weighted by Crippen LogP contribution is -2.20. The molecule has 0 bridgehead atoms. The summed E-state index contributed by atoms with van der Waals surface area (Å²) in [4.78, 5) is 11.3. The highest BCUT2D eigenvalue weighted by atomic mass is 19.1. The van der Waals surface area contributed by atoms with Gasteiger partial charge in [0.15, 0.2) is 11.6 Å². The molecule has 1 aliphatic rings. The van der Waals surface area contributed by atoms with Crippen molar-refractivity contribution < 1.29 is 13.9 Å². The van der Waals surface area contributed by atoms with E-state index in [4.69, 9.17) is 4.74 Å². The van der Waals surface area contributed by atoms with Crippen LogP contribution in [0.15, 0.2) is 18.2 Å². The third kappa shape index (κ3) is 1.70. The van der Waals surface area contributed by atoms with Crippen LogP contribution in [0.3, 0.4) is 0 Å². The molecule has 1 aromatic carbocycles. The predicted molar refractivity (Wildman–Crippen MR) is 59.2 cm³/mol. The fourth-order valence-corrected chi connectivity index (χ4v) is 2.39. The summed E-state index contributed by atoms with van der Waals surface area (Å²) < 4.78 is 19.0. The molecule has 0 spiro atoms. The van der Waals surface area contributed by atoms with Gasteiger partial charge in [-0.15, -0.1) is 0 Å². The van der Waals surface area contributed by atoms with Crippen LogP contribution in [-0.2, 0) is 10.2 Å². The van der Waals surface area contributed by atoms with E-state index in [2.05, 4.69) is 0 Å². The Morgan fingerprint density at radius 3 is 2.75 bits per heavy atom. The summed E-state index contributed by atoms with van der Waals surface area (Å²) in [5, 5.41) is 0. The first-order chi connectivity index (χ1) is 7.57. The first kappa shape index (κ1) is 11.1. The Balaban J connectivity index is 2.44. The molecule has 1 saturated carbocycles. The van der Waals surface area contributed by atoms with Crippen LogP contribution in [-0.4, -0.2) is 12.9 Å². The van der Waals surface area contributed by atoms with Crippen molar-refractivity contribution in [2.45, 2.75) is 31.6 Å². The van der Waals surface area contributed by atoms with E-state index in [1.54, 1.807) is 18.2 Å². The predicted octanol–water partition coefficient (Wildman–Crippen LogP) is 2.85. The van der Waals surface area contributed by atoms with Crippen LogP contribution < -0.4 is 4.74 Å². The minimum Gasteiger partial charge on any atom is -0.494 e. The second-order valence-electron chi connectivity index (χ2n) is 4.60. The molecule has 1 aromatic rings. The lowest BCUT2D eigenvalue weighted by molar-refractivity contribution is -0.117. The summed E-state index contributed by atoms with van der Waals surface area (Å²) in [7, 11) is 1.45. The monoisotopic (exact) mass is 222 g/mol. The number of ketones is 1. The van der Waals surface area contributed by atoms with Gasteiger partial charge in [-0.3, -0.25) is 4.79 Å². The number of carbonyl (C=O) groups is 1. The van der Waals surface area contributed by atoms with E-state index >= 15 is 0 Å². The zero-order valence-corrected chi connectivity index (χ0v) is 9.55. The molecule has 0 heterocycles. The molecule has 2 nitrogen and oxygen atoms in total. The Morgan fingerprint density at radius 2 is 2.19 bits per heavy atom. The molecule has 0 N–H and O–H groups in total. The fraction of sp³-hybridized carbons (Fsp3) is 0.462. The average molecular weight is 222 g/mol. The number of hydrogen-bond acceptors (Lipinski definition) is 2. The number of ether oxygens (including phenoxy) is 1. The van der Waals surface area contributed by atoms with Crippen molar-refractivity contribution in [3.63, 3.8) is 0 Å². The third-order valence-corrected chi connectivity index (χ3v) is 3.38. The molecule has 0 aromatic heterocycles. The van der Waals surface area contributed by atoms with Crippen molar-refractivity contribution in [2.24, 2.45) is 0 Å². The highest BCUT2D eigenvalue weighted by Gasteiger charge is 2.37. The number of methoxy groups -OCH3 is 1. The zero-order valence-electron chi connectivity index (χ0n) is 9.55. The third-order valence-electron chi connectivity index (χ3n) is 3.38. The molecule has 0 aliphatic heterocycles. The molecular weight excluding hydrogens is 207 g/mol. The van der Waals surface area contributed by atoms with Crippen LogP contribution in [0.25, 0.3) is 0 Å². The Bertz CT molecular complexity index is 428. The van der Waals surface area contributed by atoms with Gasteiger partial charge < -0.3 is 4.74 Å². The topological polar surface area (TPSA) is 26.3 Å². The van der Waals surface area contributed by atoms with Gasteiger partial charge in [0.25, 0.3) is 0 Å². The smallest absolute Gasteiger partial charge is 0.168 e. The van der Waals surface area contributed by atoms with E-state index in [1.807, 2.05) is 6.92 Å². The van der Waals surface area contributed by atoms with Crippen molar-refractivity contribution in [1.29, 1.82) is 0 Å². The van der Waals surface area contributed by atoms with Crippen molar-refractivity contribution in [2.75, 3.05) is 7.11 Å². The Labute approximate surface area is 94.4 Å². The van der Waals surface area contributed by atoms with Gasteiger partial charge in [-0.25, -0.2) is 4.39 Å². The van der Waals surface area contributed by atoms with Crippen LogP contribution in [0.2, 0.25) is 0 Å². The SMILES string of the molecule is COc1cccc(C2(C)CCC(=O)C2)c1F. The van der Waals surface area contributed by atoms with E-state index in [9.17, 15) is 9.18 Å². The summed E-state index contributed by atoms with van der Waals surface area (Å²) >= 11 is 0. The number of Topliss-reactive ketones (excluding diaryl/α,β-unsaturated/α-hetero) is 1. The lowest BCUT2D eigenvalue weighted by atomic mass is 9.80. The second-order valence-corrected chi connectivity index (χ2v) is 4.60. The first-order valence-electron chi connectivity index (χ1n) is 5.41. The number of rotatable bonds is 2. The van der Waals surface area contributed by atoms with Gasteiger partial charge in [-0.2, -0.15) is 0 Å². The van der Waals surface area contributed by atoms with Crippen LogP contribution in [0.4, 0.5) is 4.39 Å². The first-order valence-corrected chi connectivity index (χ1v) is 5.41. The van der Waals surface area contributed by atoms with Crippen molar-refractivity contribution in [1.82, 2.24) is 0 Å². The minimum absolute atomic E-state index is 0.213. The summed E-state index contributed by atoms with van der Waals surface area (Å²) in [5.41, 5.74) is 0.230. The maximum atomic E-state index is 14.1. The van der Waals surface area contributed by atoms with E-state index in [0.717, 1.165) is 6.42 Å². The Morgan fingerprint density at radius 1 is 1.44 bits per heavy atom. The van der Waals surface area contributed by atoms with Crippen molar-refractivity contribution in [3.05, 3.63) is 29.6 Å². The van der Waals surface area contributed by atoms with Crippen LogP contribution in [0.1, 0.15) is 31.7 Å². The Kier molecular flexibility index (Phi) is 2.70. The van der Waals surface area contributed by atoms with E-state index in [-0.39, 0.29) is 22.8 Å². The Hall–Kier alpha value is -1.38. The van der Waals surface area contributed by atoms with E-state index in [0.29, 0.717) is 18.4 Å². The molecule has 1 fully saturated rings. The maximum Gasteiger partial charge on any atom is 0.168 e. The number of carbonyl (C=O) groups excluding carboxylic acids is 1. The molecular formula is C13H15FO2. The summed E-state index contributed by atoms with van der Waals surface area (Å²) in [6, 6.07) is 5.11. The number of hydrogen-bond donors (Lipinski definition) is 0.